The van der Waals surface area contributed by atoms with Gasteiger partial charge in [0.15, 0.2) is 0 Å². The van der Waals surface area contributed by atoms with E-state index in [1.165, 1.54) is 7.11 Å². The lowest BCUT2D eigenvalue weighted by Gasteiger charge is -2.22. The molecule has 0 spiro atoms. The molecule has 0 aromatic carbocycles. The minimum absolute atomic E-state index is 0.186. The van der Waals surface area contributed by atoms with Crippen molar-refractivity contribution in [3.63, 3.8) is 0 Å². The second kappa shape index (κ2) is 8.50. The van der Waals surface area contributed by atoms with Gasteiger partial charge >= 0.3 is 5.97 Å². The molecule has 0 aliphatic rings. The van der Waals surface area contributed by atoms with Crippen LogP contribution in [0.5, 0.6) is 0 Å². The molecule has 0 aliphatic carbocycles. The molecule has 0 bridgehead atoms. The van der Waals surface area contributed by atoms with Crippen molar-refractivity contribution in [2.24, 2.45) is 5.92 Å². The first-order chi connectivity index (χ1) is 7.51. The van der Waals surface area contributed by atoms with Gasteiger partial charge in [0.25, 0.3) is 0 Å². The molecule has 5 heteroatoms. The van der Waals surface area contributed by atoms with Crippen LogP contribution in [-0.2, 0) is 14.3 Å². The van der Waals surface area contributed by atoms with E-state index in [1.807, 2.05) is 18.9 Å². The van der Waals surface area contributed by atoms with Gasteiger partial charge in [0.1, 0.15) is 0 Å². The van der Waals surface area contributed by atoms with E-state index >= 15 is 0 Å². The van der Waals surface area contributed by atoms with Crippen LogP contribution in [0.3, 0.4) is 0 Å². The molecule has 2 atom stereocenters. The topological polar surface area (TPSA) is 59.0 Å². The minimum atomic E-state index is -0.519. The molecule has 96 valence electrons. The lowest BCUT2D eigenvalue weighted by Crippen LogP contribution is -2.36. The molecule has 16 heavy (non-hydrogen) atoms. The highest BCUT2D eigenvalue weighted by molar-refractivity contribution is 5.71. The minimum Gasteiger partial charge on any atom is -0.469 e. The van der Waals surface area contributed by atoms with Gasteiger partial charge in [-0.3, -0.25) is 4.79 Å². The van der Waals surface area contributed by atoms with Crippen LogP contribution < -0.4 is 0 Å². The number of hydrogen-bond donors (Lipinski definition) is 1. The van der Waals surface area contributed by atoms with E-state index in [0.29, 0.717) is 26.3 Å². The molecule has 0 heterocycles. The van der Waals surface area contributed by atoms with Crippen LogP contribution in [0.15, 0.2) is 0 Å². The largest absolute Gasteiger partial charge is 0.469 e. The molecular formula is C11H23NO4. The smallest absolute Gasteiger partial charge is 0.309 e. The van der Waals surface area contributed by atoms with Gasteiger partial charge in [-0.15, -0.1) is 0 Å². The highest BCUT2D eigenvalue weighted by Crippen LogP contribution is 2.01. The third-order valence-electron chi connectivity index (χ3n) is 2.23. The van der Waals surface area contributed by atoms with Crippen molar-refractivity contribution >= 4 is 5.97 Å². The van der Waals surface area contributed by atoms with Crippen molar-refractivity contribution in [3.8, 4) is 0 Å². The lowest BCUT2D eigenvalue weighted by atomic mass is 10.1. The Morgan fingerprint density at radius 3 is 2.56 bits per heavy atom. The van der Waals surface area contributed by atoms with Crippen molar-refractivity contribution in [1.29, 1.82) is 0 Å². The first-order valence-electron chi connectivity index (χ1n) is 5.53. The van der Waals surface area contributed by atoms with Crippen LogP contribution in [0.4, 0.5) is 0 Å². The summed E-state index contributed by atoms with van der Waals surface area (Å²) in [6.07, 6.45) is -0.519. The quantitative estimate of drug-likeness (QED) is 0.604. The van der Waals surface area contributed by atoms with Crippen LogP contribution in [0.25, 0.3) is 0 Å². The number of hydrogen-bond acceptors (Lipinski definition) is 5. The molecule has 2 unspecified atom stereocenters. The van der Waals surface area contributed by atoms with Gasteiger partial charge in [-0.25, -0.2) is 0 Å². The molecule has 0 aliphatic heterocycles. The highest BCUT2D eigenvalue weighted by atomic mass is 16.5. The highest BCUT2D eigenvalue weighted by Gasteiger charge is 2.17. The van der Waals surface area contributed by atoms with Crippen molar-refractivity contribution in [1.82, 2.24) is 4.90 Å². The first kappa shape index (κ1) is 15.3. The summed E-state index contributed by atoms with van der Waals surface area (Å²) in [6.45, 7) is 5.66. The number of nitrogens with zero attached hydrogens (tertiary/aromatic N) is 1. The first-order valence-corrected chi connectivity index (χ1v) is 5.53. The number of aliphatic hydroxyl groups is 1. The third kappa shape index (κ3) is 6.76. The predicted molar refractivity (Wildman–Crippen MR) is 61.2 cm³/mol. The van der Waals surface area contributed by atoms with E-state index in [0.717, 1.165) is 0 Å². The molecule has 0 rings (SSSR count). The zero-order valence-electron chi connectivity index (χ0n) is 10.6. The maximum absolute atomic E-state index is 11.2. The SMILES string of the molecule is CCOCC(O)CN(C)CC(C)C(=O)OC. The Morgan fingerprint density at radius 2 is 2.06 bits per heavy atom. The summed E-state index contributed by atoms with van der Waals surface area (Å²) in [7, 11) is 3.23. The summed E-state index contributed by atoms with van der Waals surface area (Å²) in [4.78, 5) is 13.1. The van der Waals surface area contributed by atoms with E-state index in [2.05, 4.69) is 4.74 Å². The Bertz CT molecular complexity index is 198. The number of ether oxygens (including phenoxy) is 2. The van der Waals surface area contributed by atoms with Gasteiger partial charge in [0.2, 0.25) is 0 Å². The molecule has 0 saturated heterocycles. The zero-order chi connectivity index (χ0) is 12.6. The van der Waals surface area contributed by atoms with Crippen molar-refractivity contribution in [2.75, 3.05) is 40.5 Å². The average Bonchev–Trinajstić information content (AvgIpc) is 2.24. The van der Waals surface area contributed by atoms with Crippen LogP contribution in [0.1, 0.15) is 13.8 Å². The van der Waals surface area contributed by atoms with Gasteiger partial charge < -0.3 is 19.5 Å². The van der Waals surface area contributed by atoms with Gasteiger partial charge in [-0.2, -0.15) is 0 Å². The third-order valence-corrected chi connectivity index (χ3v) is 2.23. The average molecular weight is 233 g/mol. The number of methoxy groups -OCH3 is 1. The fourth-order valence-corrected chi connectivity index (χ4v) is 1.48. The number of carbonyl (C=O) groups excluding carboxylic acids is 1. The molecule has 5 nitrogen and oxygen atoms in total. The summed E-state index contributed by atoms with van der Waals surface area (Å²) in [5.41, 5.74) is 0. The molecular weight excluding hydrogens is 210 g/mol. The molecule has 0 aromatic rings. The molecule has 0 saturated carbocycles. The number of esters is 1. The Hall–Kier alpha value is -0.650. The van der Waals surface area contributed by atoms with Crippen molar-refractivity contribution in [3.05, 3.63) is 0 Å². The monoisotopic (exact) mass is 233 g/mol. The van der Waals surface area contributed by atoms with Crippen LogP contribution in [0, 0.1) is 5.92 Å². The summed E-state index contributed by atoms with van der Waals surface area (Å²) in [6, 6.07) is 0. The van der Waals surface area contributed by atoms with E-state index in [1.54, 1.807) is 6.92 Å². The zero-order valence-corrected chi connectivity index (χ0v) is 10.6. The van der Waals surface area contributed by atoms with Crippen molar-refractivity contribution in [2.45, 2.75) is 20.0 Å². The van der Waals surface area contributed by atoms with Crippen LogP contribution in [0.2, 0.25) is 0 Å². The molecule has 0 fully saturated rings. The summed E-state index contributed by atoms with van der Waals surface area (Å²) < 4.78 is 9.73. The van der Waals surface area contributed by atoms with Crippen LogP contribution >= 0.6 is 0 Å². The summed E-state index contributed by atoms with van der Waals surface area (Å²) in [5, 5.41) is 9.58. The Balaban J connectivity index is 3.79. The van der Waals surface area contributed by atoms with Gasteiger partial charge in [0.05, 0.1) is 25.7 Å². The lowest BCUT2D eigenvalue weighted by molar-refractivity contribution is -0.145. The Kier molecular flexibility index (Phi) is 8.15. The normalized spacial score (nSPS) is 14.9. The molecule has 0 amide bonds. The van der Waals surface area contributed by atoms with Gasteiger partial charge in [0, 0.05) is 19.7 Å². The van der Waals surface area contributed by atoms with E-state index in [4.69, 9.17) is 4.74 Å². The number of carbonyl (C=O) groups is 1. The Labute approximate surface area is 97.3 Å². The fourth-order valence-electron chi connectivity index (χ4n) is 1.48. The second-order valence-corrected chi connectivity index (χ2v) is 3.96. The van der Waals surface area contributed by atoms with Gasteiger partial charge in [-0.1, -0.05) is 6.92 Å². The fraction of sp³-hybridized carbons (Fsp3) is 0.909. The maximum Gasteiger partial charge on any atom is 0.309 e. The number of aliphatic hydroxyl groups excluding tert-OH is 1. The van der Waals surface area contributed by atoms with E-state index in [-0.39, 0.29) is 11.9 Å². The molecule has 1 N–H and O–H groups in total. The number of likely N-dealkylation sites (N-methyl/N-ethyl adjacent to an activating group) is 1. The maximum atomic E-state index is 11.2. The predicted octanol–water partition coefficient (Wildman–Crippen LogP) is 0.125. The standard InChI is InChI=1S/C11H23NO4/c1-5-16-8-10(13)7-12(3)6-9(2)11(14)15-4/h9-10,13H,5-8H2,1-4H3. The van der Waals surface area contributed by atoms with Crippen molar-refractivity contribution < 1.29 is 19.4 Å². The van der Waals surface area contributed by atoms with Gasteiger partial charge in [-0.05, 0) is 14.0 Å². The Morgan fingerprint density at radius 1 is 1.44 bits per heavy atom. The molecule has 0 aromatic heterocycles. The van der Waals surface area contributed by atoms with Crippen LogP contribution in [-0.4, -0.2) is 62.5 Å². The second-order valence-electron chi connectivity index (χ2n) is 3.96. The number of rotatable bonds is 8. The van der Waals surface area contributed by atoms with E-state index in [9.17, 15) is 9.90 Å². The summed E-state index contributed by atoms with van der Waals surface area (Å²) >= 11 is 0. The summed E-state index contributed by atoms with van der Waals surface area (Å²) in [5.74, 6) is -0.416. The molecule has 0 radical (unpaired) electrons. The van der Waals surface area contributed by atoms with E-state index < -0.39 is 6.10 Å².